The third-order valence-corrected chi connectivity index (χ3v) is 3.31. The van der Waals surface area contributed by atoms with E-state index in [1.54, 1.807) is 6.07 Å². The summed E-state index contributed by atoms with van der Waals surface area (Å²) in [6, 6.07) is 7.34. The summed E-state index contributed by atoms with van der Waals surface area (Å²) in [5, 5.41) is 0. The van der Waals surface area contributed by atoms with Crippen molar-refractivity contribution in [2.45, 2.75) is 45.6 Å². The topological polar surface area (TPSA) is 52.3 Å². The van der Waals surface area contributed by atoms with Gasteiger partial charge in [0.2, 0.25) is 0 Å². The Hall–Kier alpha value is -1.35. The first-order valence-electron chi connectivity index (χ1n) is 6.64. The van der Waals surface area contributed by atoms with Gasteiger partial charge in [-0.15, -0.1) is 0 Å². The zero-order valence-electron chi connectivity index (χ0n) is 11.5. The summed E-state index contributed by atoms with van der Waals surface area (Å²) in [5.74, 6) is 0.611. The second kappa shape index (κ2) is 6.55. The average molecular weight is 249 g/mol. The molecule has 0 radical (unpaired) electrons. The van der Waals surface area contributed by atoms with Crippen LogP contribution in [0.4, 0.5) is 0 Å². The Bertz CT molecular complexity index is 397. The van der Waals surface area contributed by atoms with Crippen molar-refractivity contribution in [3.8, 4) is 5.75 Å². The van der Waals surface area contributed by atoms with Crippen molar-refractivity contribution in [3.05, 3.63) is 29.8 Å². The SMILES string of the molecule is CCCOc1ccccc1C(=O)C(N)(CC)CC. The van der Waals surface area contributed by atoms with E-state index in [9.17, 15) is 4.79 Å². The third-order valence-electron chi connectivity index (χ3n) is 3.31. The molecule has 0 amide bonds. The number of hydrogen-bond donors (Lipinski definition) is 1. The maximum Gasteiger partial charge on any atom is 0.186 e. The van der Waals surface area contributed by atoms with E-state index in [0.29, 0.717) is 30.8 Å². The number of carbonyl (C=O) groups is 1. The van der Waals surface area contributed by atoms with E-state index in [2.05, 4.69) is 0 Å². The van der Waals surface area contributed by atoms with Crippen molar-refractivity contribution in [3.63, 3.8) is 0 Å². The number of carbonyl (C=O) groups excluding carboxylic acids is 1. The molecule has 0 saturated carbocycles. The smallest absolute Gasteiger partial charge is 0.186 e. The van der Waals surface area contributed by atoms with E-state index in [-0.39, 0.29) is 5.78 Å². The first kappa shape index (κ1) is 14.7. The highest BCUT2D eigenvalue weighted by Crippen LogP contribution is 2.25. The fourth-order valence-electron chi connectivity index (χ4n) is 1.83. The standard InChI is InChI=1S/C15H23NO2/c1-4-11-18-13-10-8-7-9-12(13)14(17)15(16,5-2)6-3/h7-10H,4-6,11,16H2,1-3H3. The molecule has 1 rings (SSSR count). The van der Waals surface area contributed by atoms with Crippen molar-refractivity contribution >= 4 is 5.78 Å². The molecular formula is C15H23NO2. The highest BCUT2D eigenvalue weighted by Gasteiger charge is 2.32. The first-order valence-corrected chi connectivity index (χ1v) is 6.64. The molecule has 0 atom stereocenters. The van der Waals surface area contributed by atoms with E-state index < -0.39 is 5.54 Å². The quantitative estimate of drug-likeness (QED) is 0.755. The van der Waals surface area contributed by atoms with E-state index in [0.717, 1.165) is 6.42 Å². The number of ketones is 1. The normalized spacial score (nSPS) is 11.3. The van der Waals surface area contributed by atoms with Crippen LogP contribution < -0.4 is 10.5 Å². The Morgan fingerprint density at radius 3 is 2.39 bits per heavy atom. The zero-order valence-corrected chi connectivity index (χ0v) is 11.5. The van der Waals surface area contributed by atoms with Crippen LogP contribution in [0.2, 0.25) is 0 Å². The number of benzene rings is 1. The summed E-state index contributed by atoms with van der Waals surface area (Å²) in [5.41, 5.74) is 5.97. The Labute approximate surface area is 109 Å². The summed E-state index contributed by atoms with van der Waals surface area (Å²) in [6.07, 6.45) is 2.17. The predicted molar refractivity (Wildman–Crippen MR) is 74.1 cm³/mol. The Kier molecular flexibility index (Phi) is 5.35. The third kappa shape index (κ3) is 3.10. The van der Waals surface area contributed by atoms with Gasteiger partial charge in [-0.3, -0.25) is 4.79 Å². The van der Waals surface area contributed by atoms with Crippen molar-refractivity contribution in [1.82, 2.24) is 0 Å². The van der Waals surface area contributed by atoms with E-state index >= 15 is 0 Å². The number of para-hydroxylation sites is 1. The molecule has 0 spiro atoms. The molecule has 0 fully saturated rings. The molecule has 0 saturated heterocycles. The number of hydrogen-bond acceptors (Lipinski definition) is 3. The van der Waals surface area contributed by atoms with Gasteiger partial charge in [-0.05, 0) is 31.4 Å². The summed E-state index contributed by atoms with van der Waals surface area (Å²) < 4.78 is 5.62. The molecule has 0 aromatic heterocycles. The largest absolute Gasteiger partial charge is 0.493 e. The Balaban J connectivity index is 3.04. The molecule has 0 aliphatic carbocycles. The molecule has 100 valence electrons. The average Bonchev–Trinajstić information content (AvgIpc) is 2.43. The molecule has 1 aromatic rings. The lowest BCUT2D eigenvalue weighted by Crippen LogP contribution is -2.46. The molecule has 1 aromatic carbocycles. The van der Waals surface area contributed by atoms with Gasteiger partial charge in [0, 0.05) is 0 Å². The lowest BCUT2D eigenvalue weighted by Gasteiger charge is -2.25. The molecule has 0 bridgehead atoms. The van der Waals surface area contributed by atoms with Crippen molar-refractivity contribution in [2.24, 2.45) is 5.73 Å². The van der Waals surface area contributed by atoms with Gasteiger partial charge in [0.25, 0.3) is 0 Å². The number of nitrogens with two attached hydrogens (primary N) is 1. The van der Waals surface area contributed by atoms with E-state index in [1.165, 1.54) is 0 Å². The predicted octanol–water partition coefficient (Wildman–Crippen LogP) is 3.18. The molecule has 18 heavy (non-hydrogen) atoms. The minimum Gasteiger partial charge on any atom is -0.493 e. The molecule has 3 heteroatoms. The molecule has 0 aliphatic rings. The van der Waals surface area contributed by atoms with Gasteiger partial charge in [-0.2, -0.15) is 0 Å². The molecule has 0 heterocycles. The maximum absolute atomic E-state index is 12.5. The molecule has 2 N–H and O–H groups in total. The van der Waals surface area contributed by atoms with Crippen LogP contribution in [0.3, 0.4) is 0 Å². The second-order valence-corrected chi connectivity index (χ2v) is 4.54. The van der Waals surface area contributed by atoms with Crippen molar-refractivity contribution in [2.75, 3.05) is 6.61 Å². The lowest BCUT2D eigenvalue weighted by molar-refractivity contribution is 0.0875. The van der Waals surface area contributed by atoms with Crippen LogP contribution in [0.25, 0.3) is 0 Å². The van der Waals surface area contributed by atoms with Crippen LogP contribution in [-0.4, -0.2) is 17.9 Å². The molecule has 0 aliphatic heterocycles. The Morgan fingerprint density at radius 2 is 1.83 bits per heavy atom. The summed E-state index contributed by atoms with van der Waals surface area (Å²) >= 11 is 0. The molecule has 3 nitrogen and oxygen atoms in total. The van der Waals surface area contributed by atoms with Crippen LogP contribution >= 0.6 is 0 Å². The van der Waals surface area contributed by atoms with Gasteiger partial charge in [0.1, 0.15) is 5.75 Å². The number of ether oxygens (including phenoxy) is 1. The van der Waals surface area contributed by atoms with Gasteiger partial charge in [-0.1, -0.05) is 32.9 Å². The van der Waals surface area contributed by atoms with Crippen LogP contribution in [0.5, 0.6) is 5.75 Å². The van der Waals surface area contributed by atoms with E-state index in [4.69, 9.17) is 10.5 Å². The molecule has 0 unspecified atom stereocenters. The number of Topliss-reactive ketones (excluding diaryl/α,β-unsaturated/α-hetero) is 1. The van der Waals surface area contributed by atoms with E-state index in [1.807, 2.05) is 39.0 Å². The van der Waals surface area contributed by atoms with Crippen LogP contribution in [-0.2, 0) is 0 Å². The first-order chi connectivity index (χ1) is 8.59. The minimum atomic E-state index is -0.786. The summed E-state index contributed by atoms with van der Waals surface area (Å²) in [6.45, 7) is 6.53. The van der Waals surface area contributed by atoms with Gasteiger partial charge in [0.05, 0.1) is 17.7 Å². The zero-order chi connectivity index (χ0) is 13.6. The minimum absolute atomic E-state index is 0.0285. The highest BCUT2D eigenvalue weighted by atomic mass is 16.5. The van der Waals surface area contributed by atoms with Gasteiger partial charge < -0.3 is 10.5 Å². The van der Waals surface area contributed by atoms with Gasteiger partial charge in [0.15, 0.2) is 5.78 Å². The van der Waals surface area contributed by atoms with Gasteiger partial charge >= 0.3 is 0 Å². The number of rotatable bonds is 7. The monoisotopic (exact) mass is 249 g/mol. The fraction of sp³-hybridized carbons (Fsp3) is 0.533. The highest BCUT2D eigenvalue weighted by molar-refractivity contribution is 6.05. The van der Waals surface area contributed by atoms with Crippen molar-refractivity contribution < 1.29 is 9.53 Å². The van der Waals surface area contributed by atoms with Crippen LogP contribution in [0, 0.1) is 0 Å². The fourth-order valence-corrected chi connectivity index (χ4v) is 1.83. The van der Waals surface area contributed by atoms with Gasteiger partial charge in [-0.25, -0.2) is 0 Å². The lowest BCUT2D eigenvalue weighted by atomic mass is 9.85. The second-order valence-electron chi connectivity index (χ2n) is 4.54. The Morgan fingerprint density at radius 1 is 1.22 bits per heavy atom. The molecular weight excluding hydrogens is 226 g/mol. The van der Waals surface area contributed by atoms with Crippen LogP contribution in [0.15, 0.2) is 24.3 Å². The summed E-state index contributed by atoms with van der Waals surface area (Å²) in [7, 11) is 0. The van der Waals surface area contributed by atoms with Crippen LogP contribution in [0.1, 0.15) is 50.4 Å². The van der Waals surface area contributed by atoms with Crippen molar-refractivity contribution in [1.29, 1.82) is 0 Å². The summed E-state index contributed by atoms with van der Waals surface area (Å²) in [4.78, 5) is 12.5. The maximum atomic E-state index is 12.5.